The predicted molar refractivity (Wildman–Crippen MR) is 98.1 cm³/mol. The zero-order chi connectivity index (χ0) is 21.1. The quantitative estimate of drug-likeness (QED) is 0.609. The van der Waals surface area contributed by atoms with Crippen LogP contribution in [0.25, 0.3) is 16.9 Å². The molecule has 0 saturated carbocycles. The van der Waals surface area contributed by atoms with Crippen molar-refractivity contribution in [2.45, 2.75) is 0 Å². The van der Waals surface area contributed by atoms with Gasteiger partial charge in [-0.25, -0.2) is 23.1 Å². The van der Waals surface area contributed by atoms with Crippen LogP contribution < -0.4 is 4.74 Å². The van der Waals surface area contributed by atoms with Gasteiger partial charge in [0, 0.05) is 12.1 Å². The Morgan fingerprint density at radius 3 is 2.21 bits per heavy atom. The average Bonchev–Trinajstić information content (AvgIpc) is 3.12. The molecule has 9 heteroatoms. The van der Waals surface area contributed by atoms with Gasteiger partial charge in [0.15, 0.2) is 5.69 Å². The summed E-state index contributed by atoms with van der Waals surface area (Å²) < 4.78 is 44.2. The summed E-state index contributed by atoms with van der Waals surface area (Å²) in [5.74, 6) is -3.95. The molecule has 0 aliphatic carbocycles. The van der Waals surface area contributed by atoms with Gasteiger partial charge in [-0.2, -0.15) is 5.10 Å². The third-order valence-electron chi connectivity index (χ3n) is 4.13. The number of hydrogen-bond acceptors (Lipinski definition) is 6. The van der Waals surface area contributed by atoms with Crippen molar-refractivity contribution < 1.29 is 32.6 Å². The van der Waals surface area contributed by atoms with Crippen molar-refractivity contribution >= 4 is 11.9 Å². The van der Waals surface area contributed by atoms with Crippen molar-refractivity contribution in [3.8, 4) is 22.7 Å². The number of methoxy groups -OCH3 is 3. The van der Waals surface area contributed by atoms with Crippen LogP contribution in [0, 0.1) is 11.6 Å². The Bertz CT molecular complexity index is 1080. The van der Waals surface area contributed by atoms with Gasteiger partial charge in [0.25, 0.3) is 0 Å². The average molecular weight is 402 g/mol. The van der Waals surface area contributed by atoms with E-state index in [0.29, 0.717) is 11.8 Å². The zero-order valence-electron chi connectivity index (χ0n) is 15.7. The van der Waals surface area contributed by atoms with Crippen LogP contribution in [-0.4, -0.2) is 43.0 Å². The maximum absolute atomic E-state index is 14.7. The Kier molecular flexibility index (Phi) is 5.58. The van der Waals surface area contributed by atoms with E-state index in [1.54, 1.807) is 30.3 Å². The number of halogens is 2. The summed E-state index contributed by atoms with van der Waals surface area (Å²) in [5, 5.41) is 4.26. The fraction of sp³-hybridized carbons (Fsp3) is 0.150. The molecule has 0 spiro atoms. The Balaban J connectivity index is 2.44. The smallest absolute Gasteiger partial charge is 0.357 e. The van der Waals surface area contributed by atoms with Gasteiger partial charge in [0.1, 0.15) is 28.6 Å². The monoisotopic (exact) mass is 402 g/mol. The highest BCUT2D eigenvalue weighted by molar-refractivity contribution is 6.07. The van der Waals surface area contributed by atoms with Crippen LogP contribution >= 0.6 is 0 Å². The van der Waals surface area contributed by atoms with E-state index in [1.165, 1.54) is 7.11 Å². The first-order valence-corrected chi connectivity index (χ1v) is 8.31. The Morgan fingerprint density at radius 1 is 0.966 bits per heavy atom. The normalized spacial score (nSPS) is 10.5. The zero-order valence-corrected chi connectivity index (χ0v) is 15.7. The third-order valence-corrected chi connectivity index (χ3v) is 4.13. The standard InChI is InChI=1S/C20H16F2N2O5/c1-27-14-10-11(21)9-13(22)15(14)17-16(19(25)28-2)18(20(26)29-3)24(23-17)12-7-5-4-6-8-12/h4-10H,1-3H3. The molecule has 0 amide bonds. The molecule has 3 rings (SSSR count). The van der Waals surface area contributed by atoms with Crippen LogP contribution in [-0.2, 0) is 9.47 Å². The number of rotatable bonds is 5. The molecule has 0 unspecified atom stereocenters. The lowest BCUT2D eigenvalue weighted by molar-refractivity contribution is 0.0549. The lowest BCUT2D eigenvalue weighted by atomic mass is 10.0. The number of para-hydroxylation sites is 1. The van der Waals surface area contributed by atoms with Crippen molar-refractivity contribution in [3.05, 3.63) is 65.4 Å². The van der Waals surface area contributed by atoms with E-state index in [4.69, 9.17) is 14.2 Å². The molecule has 2 aromatic carbocycles. The number of aromatic nitrogens is 2. The predicted octanol–water partition coefficient (Wildman–Crippen LogP) is 3.40. The highest BCUT2D eigenvalue weighted by Crippen LogP contribution is 2.37. The largest absolute Gasteiger partial charge is 0.496 e. The molecule has 150 valence electrons. The maximum Gasteiger partial charge on any atom is 0.357 e. The summed E-state index contributed by atoms with van der Waals surface area (Å²) in [4.78, 5) is 25.1. The molecular formula is C20H16F2N2O5. The fourth-order valence-electron chi connectivity index (χ4n) is 2.87. The molecule has 1 aromatic heterocycles. The van der Waals surface area contributed by atoms with E-state index >= 15 is 0 Å². The molecule has 0 aliphatic heterocycles. The molecule has 7 nitrogen and oxygen atoms in total. The van der Waals surface area contributed by atoms with E-state index in [1.807, 2.05) is 0 Å². The lowest BCUT2D eigenvalue weighted by Crippen LogP contribution is -2.15. The first-order chi connectivity index (χ1) is 13.9. The topological polar surface area (TPSA) is 79.7 Å². The molecule has 0 fully saturated rings. The number of carbonyl (C=O) groups excluding carboxylic acids is 2. The maximum atomic E-state index is 14.7. The molecule has 0 atom stereocenters. The van der Waals surface area contributed by atoms with Crippen molar-refractivity contribution in [2.24, 2.45) is 0 Å². The van der Waals surface area contributed by atoms with Crippen LogP contribution in [0.3, 0.4) is 0 Å². The van der Waals surface area contributed by atoms with Crippen molar-refractivity contribution in [3.63, 3.8) is 0 Å². The fourth-order valence-corrected chi connectivity index (χ4v) is 2.87. The lowest BCUT2D eigenvalue weighted by Gasteiger charge is -2.09. The minimum absolute atomic E-state index is 0.207. The molecule has 0 aliphatic rings. The molecule has 0 saturated heterocycles. The minimum atomic E-state index is -1.03. The van der Waals surface area contributed by atoms with E-state index in [2.05, 4.69) is 5.10 Å². The van der Waals surface area contributed by atoms with Crippen molar-refractivity contribution in [1.29, 1.82) is 0 Å². The molecule has 29 heavy (non-hydrogen) atoms. The first kappa shape index (κ1) is 20.0. The van der Waals surface area contributed by atoms with Crippen molar-refractivity contribution in [2.75, 3.05) is 21.3 Å². The van der Waals surface area contributed by atoms with Gasteiger partial charge in [-0.1, -0.05) is 18.2 Å². The number of nitrogens with zero attached hydrogens (tertiary/aromatic N) is 2. The van der Waals surface area contributed by atoms with Gasteiger partial charge >= 0.3 is 11.9 Å². The molecule has 3 aromatic rings. The van der Waals surface area contributed by atoms with Gasteiger partial charge in [-0.15, -0.1) is 0 Å². The van der Waals surface area contributed by atoms with Crippen LogP contribution in [0.15, 0.2) is 42.5 Å². The van der Waals surface area contributed by atoms with E-state index in [-0.39, 0.29) is 28.3 Å². The summed E-state index contributed by atoms with van der Waals surface area (Å²) in [7, 11) is 3.45. The summed E-state index contributed by atoms with van der Waals surface area (Å²) in [6, 6.07) is 9.95. The number of carbonyl (C=O) groups is 2. The molecule has 0 radical (unpaired) electrons. The number of esters is 2. The summed E-state index contributed by atoms with van der Waals surface area (Å²) in [6.07, 6.45) is 0. The second kappa shape index (κ2) is 8.09. The molecule has 1 heterocycles. The highest BCUT2D eigenvalue weighted by Gasteiger charge is 2.33. The Labute approximate surface area is 164 Å². The number of ether oxygens (including phenoxy) is 3. The van der Waals surface area contributed by atoms with Gasteiger partial charge in [0.2, 0.25) is 0 Å². The molecule has 0 bridgehead atoms. The van der Waals surface area contributed by atoms with E-state index in [0.717, 1.165) is 25.0 Å². The van der Waals surface area contributed by atoms with Gasteiger partial charge in [0.05, 0.1) is 32.6 Å². The SMILES string of the molecule is COC(=O)c1c(-c2c(F)cc(F)cc2OC)nn(-c2ccccc2)c1C(=O)OC. The van der Waals surface area contributed by atoms with E-state index in [9.17, 15) is 18.4 Å². The molecule has 0 N–H and O–H groups in total. The minimum Gasteiger partial charge on any atom is -0.496 e. The van der Waals surface area contributed by atoms with Crippen LogP contribution in [0.5, 0.6) is 5.75 Å². The van der Waals surface area contributed by atoms with Gasteiger partial charge in [-0.3, -0.25) is 0 Å². The van der Waals surface area contributed by atoms with Crippen LogP contribution in [0.1, 0.15) is 20.8 Å². The highest BCUT2D eigenvalue weighted by atomic mass is 19.1. The van der Waals surface area contributed by atoms with Gasteiger partial charge in [-0.05, 0) is 12.1 Å². The third kappa shape index (κ3) is 3.54. The Morgan fingerprint density at radius 2 is 1.62 bits per heavy atom. The molecular weight excluding hydrogens is 386 g/mol. The summed E-state index contributed by atoms with van der Waals surface area (Å²) >= 11 is 0. The Hall–Kier alpha value is -3.75. The second-order valence-corrected chi connectivity index (χ2v) is 5.77. The van der Waals surface area contributed by atoms with Crippen LogP contribution in [0.2, 0.25) is 0 Å². The van der Waals surface area contributed by atoms with Crippen molar-refractivity contribution in [1.82, 2.24) is 9.78 Å². The first-order valence-electron chi connectivity index (χ1n) is 8.31. The summed E-state index contributed by atoms with van der Waals surface area (Å²) in [6.45, 7) is 0. The second-order valence-electron chi connectivity index (χ2n) is 5.77. The van der Waals surface area contributed by atoms with Crippen LogP contribution in [0.4, 0.5) is 8.78 Å². The number of hydrogen-bond donors (Lipinski definition) is 0. The summed E-state index contributed by atoms with van der Waals surface area (Å²) in [5.41, 5.74) is -0.756. The number of benzene rings is 2. The van der Waals surface area contributed by atoms with E-state index < -0.39 is 23.6 Å². The van der Waals surface area contributed by atoms with Gasteiger partial charge < -0.3 is 14.2 Å².